The molecule has 1 aliphatic rings. The first-order valence-corrected chi connectivity index (χ1v) is 5.52. The molecule has 1 nitrogen and oxygen atoms in total. The van der Waals surface area contributed by atoms with Gasteiger partial charge in [0.1, 0.15) is 0 Å². The van der Waals surface area contributed by atoms with Crippen LogP contribution in [0.4, 0.5) is 0 Å². The Labute approximate surface area is 76.7 Å². The van der Waals surface area contributed by atoms with E-state index in [1.54, 1.807) is 0 Å². The Kier molecular flexibility index (Phi) is 3.57. The Balaban J connectivity index is 2.48. The normalized spacial score (nSPS) is 35.8. The van der Waals surface area contributed by atoms with Gasteiger partial charge in [0.25, 0.3) is 0 Å². The van der Waals surface area contributed by atoms with Crippen LogP contribution >= 0.6 is 0 Å². The number of hydrogen-bond acceptors (Lipinski definition) is 1. The summed E-state index contributed by atoms with van der Waals surface area (Å²) in [6, 6.07) is 0. The van der Waals surface area contributed by atoms with Gasteiger partial charge in [-0.05, 0) is 31.6 Å². The van der Waals surface area contributed by atoms with Crippen molar-refractivity contribution < 1.29 is 0 Å². The van der Waals surface area contributed by atoms with Gasteiger partial charge in [0.15, 0.2) is 0 Å². The lowest BCUT2D eigenvalue weighted by Crippen LogP contribution is -2.43. The molecular formula is C11H23N. The van der Waals surface area contributed by atoms with E-state index in [1.807, 2.05) is 0 Å². The van der Waals surface area contributed by atoms with Crippen molar-refractivity contribution in [3.63, 3.8) is 0 Å². The summed E-state index contributed by atoms with van der Waals surface area (Å²) in [6.45, 7) is 4.51. The second-order valence-electron chi connectivity index (χ2n) is 4.36. The van der Waals surface area contributed by atoms with E-state index in [0.29, 0.717) is 0 Å². The Hall–Kier alpha value is -0.0400. The fourth-order valence-electron chi connectivity index (χ4n) is 2.74. The van der Waals surface area contributed by atoms with Gasteiger partial charge in [0, 0.05) is 5.54 Å². The molecular weight excluding hydrogens is 146 g/mol. The van der Waals surface area contributed by atoms with Crippen LogP contribution in [0.5, 0.6) is 0 Å². The number of rotatable bonds is 4. The van der Waals surface area contributed by atoms with Gasteiger partial charge in [-0.25, -0.2) is 0 Å². The molecule has 1 fully saturated rings. The third-order valence-electron chi connectivity index (χ3n) is 3.36. The monoisotopic (exact) mass is 169 g/mol. The van der Waals surface area contributed by atoms with Crippen LogP contribution < -0.4 is 5.73 Å². The third kappa shape index (κ3) is 2.01. The molecule has 72 valence electrons. The van der Waals surface area contributed by atoms with Crippen molar-refractivity contribution in [2.24, 2.45) is 11.7 Å². The summed E-state index contributed by atoms with van der Waals surface area (Å²) in [5.74, 6) is 0.822. The Bertz CT molecular complexity index is 133. The van der Waals surface area contributed by atoms with Gasteiger partial charge in [0.2, 0.25) is 0 Å². The van der Waals surface area contributed by atoms with Crippen LogP contribution in [0.25, 0.3) is 0 Å². The van der Waals surface area contributed by atoms with Crippen LogP contribution in [0.3, 0.4) is 0 Å². The second-order valence-corrected chi connectivity index (χ2v) is 4.36. The van der Waals surface area contributed by atoms with Crippen LogP contribution in [0.15, 0.2) is 0 Å². The van der Waals surface area contributed by atoms with Crippen molar-refractivity contribution in [3.05, 3.63) is 0 Å². The van der Waals surface area contributed by atoms with E-state index >= 15 is 0 Å². The molecule has 0 aromatic heterocycles. The molecule has 0 bridgehead atoms. The highest BCUT2D eigenvalue weighted by Gasteiger charge is 2.37. The number of hydrogen-bond donors (Lipinski definition) is 1. The van der Waals surface area contributed by atoms with Crippen molar-refractivity contribution in [1.29, 1.82) is 0 Å². The van der Waals surface area contributed by atoms with E-state index in [2.05, 4.69) is 13.8 Å². The van der Waals surface area contributed by atoms with Gasteiger partial charge in [-0.2, -0.15) is 0 Å². The van der Waals surface area contributed by atoms with E-state index in [4.69, 9.17) is 5.73 Å². The summed E-state index contributed by atoms with van der Waals surface area (Å²) in [5, 5.41) is 0. The second kappa shape index (κ2) is 4.27. The van der Waals surface area contributed by atoms with Crippen LogP contribution in [0.2, 0.25) is 0 Å². The molecule has 0 amide bonds. The molecule has 1 rings (SSSR count). The quantitative estimate of drug-likeness (QED) is 0.687. The molecule has 2 N–H and O–H groups in total. The molecule has 0 heterocycles. The zero-order valence-electron chi connectivity index (χ0n) is 8.60. The molecule has 0 aromatic rings. The third-order valence-corrected chi connectivity index (χ3v) is 3.36. The minimum Gasteiger partial charge on any atom is -0.325 e. The number of nitrogens with two attached hydrogens (primary N) is 1. The summed E-state index contributed by atoms with van der Waals surface area (Å²) >= 11 is 0. The van der Waals surface area contributed by atoms with Gasteiger partial charge >= 0.3 is 0 Å². The molecule has 1 saturated carbocycles. The van der Waals surface area contributed by atoms with Crippen molar-refractivity contribution >= 4 is 0 Å². The maximum Gasteiger partial charge on any atom is 0.0182 e. The summed E-state index contributed by atoms with van der Waals surface area (Å²) in [6.07, 6.45) is 9.13. The molecule has 0 aliphatic heterocycles. The Morgan fingerprint density at radius 1 is 1.33 bits per heavy atom. The molecule has 1 heteroatoms. The lowest BCUT2D eigenvalue weighted by atomic mass is 9.81. The van der Waals surface area contributed by atoms with Crippen molar-refractivity contribution in [3.8, 4) is 0 Å². The van der Waals surface area contributed by atoms with Crippen LogP contribution in [0.1, 0.15) is 58.8 Å². The first-order chi connectivity index (χ1) is 5.73. The molecule has 2 atom stereocenters. The van der Waals surface area contributed by atoms with Crippen LogP contribution in [-0.4, -0.2) is 5.54 Å². The van der Waals surface area contributed by atoms with E-state index in [1.165, 1.54) is 44.9 Å². The summed E-state index contributed by atoms with van der Waals surface area (Å²) < 4.78 is 0. The maximum atomic E-state index is 6.40. The van der Waals surface area contributed by atoms with Gasteiger partial charge in [-0.15, -0.1) is 0 Å². The molecule has 0 radical (unpaired) electrons. The minimum absolute atomic E-state index is 0.213. The lowest BCUT2D eigenvalue weighted by Gasteiger charge is -2.31. The fraction of sp³-hybridized carbons (Fsp3) is 1.00. The highest BCUT2D eigenvalue weighted by molar-refractivity contribution is 4.95. The van der Waals surface area contributed by atoms with Crippen molar-refractivity contribution in [2.75, 3.05) is 0 Å². The Morgan fingerprint density at radius 3 is 2.67 bits per heavy atom. The standard InChI is InChI=1S/C11H23N/c1-3-6-10-7-5-9-11(10,12)8-4-2/h10H,3-9,12H2,1-2H3. The predicted octanol–water partition coefficient (Wildman–Crippen LogP) is 3.08. The smallest absolute Gasteiger partial charge is 0.0182 e. The average Bonchev–Trinajstić information content (AvgIpc) is 2.35. The molecule has 0 aromatic carbocycles. The predicted molar refractivity (Wildman–Crippen MR) is 54.1 cm³/mol. The molecule has 2 unspecified atom stereocenters. The van der Waals surface area contributed by atoms with Crippen molar-refractivity contribution in [1.82, 2.24) is 0 Å². The molecule has 1 aliphatic carbocycles. The lowest BCUT2D eigenvalue weighted by molar-refractivity contribution is 0.276. The zero-order chi connectivity index (χ0) is 9.03. The first kappa shape index (κ1) is 10.0. The Morgan fingerprint density at radius 2 is 2.08 bits per heavy atom. The topological polar surface area (TPSA) is 26.0 Å². The van der Waals surface area contributed by atoms with Crippen LogP contribution in [0, 0.1) is 5.92 Å². The SMILES string of the molecule is CCCC1CCCC1(N)CCC. The minimum atomic E-state index is 0.213. The first-order valence-electron chi connectivity index (χ1n) is 5.52. The van der Waals surface area contributed by atoms with Gasteiger partial charge in [-0.3, -0.25) is 0 Å². The highest BCUT2D eigenvalue weighted by atomic mass is 14.8. The van der Waals surface area contributed by atoms with Gasteiger partial charge in [-0.1, -0.05) is 33.1 Å². The highest BCUT2D eigenvalue weighted by Crippen LogP contribution is 2.39. The maximum absolute atomic E-state index is 6.40. The van der Waals surface area contributed by atoms with Gasteiger partial charge < -0.3 is 5.73 Å². The average molecular weight is 169 g/mol. The zero-order valence-corrected chi connectivity index (χ0v) is 8.60. The molecule has 0 spiro atoms. The van der Waals surface area contributed by atoms with Crippen molar-refractivity contribution in [2.45, 2.75) is 64.3 Å². The summed E-state index contributed by atoms with van der Waals surface area (Å²) in [7, 11) is 0. The van der Waals surface area contributed by atoms with E-state index < -0.39 is 0 Å². The summed E-state index contributed by atoms with van der Waals surface area (Å²) in [4.78, 5) is 0. The van der Waals surface area contributed by atoms with E-state index in [9.17, 15) is 0 Å². The molecule has 12 heavy (non-hydrogen) atoms. The molecule has 0 saturated heterocycles. The van der Waals surface area contributed by atoms with E-state index in [0.717, 1.165) is 5.92 Å². The van der Waals surface area contributed by atoms with Crippen LogP contribution in [-0.2, 0) is 0 Å². The fourth-order valence-corrected chi connectivity index (χ4v) is 2.74. The van der Waals surface area contributed by atoms with E-state index in [-0.39, 0.29) is 5.54 Å². The summed E-state index contributed by atoms with van der Waals surface area (Å²) in [5.41, 5.74) is 6.61. The largest absolute Gasteiger partial charge is 0.325 e. The van der Waals surface area contributed by atoms with Gasteiger partial charge in [0.05, 0.1) is 0 Å².